The molecule has 29 heavy (non-hydrogen) atoms. The van der Waals surface area contributed by atoms with Crippen molar-refractivity contribution in [2.45, 2.75) is 23.8 Å². The average Bonchev–Trinajstić information content (AvgIpc) is 3.34. The van der Waals surface area contributed by atoms with Crippen LogP contribution >= 0.6 is 11.3 Å². The number of sulfonamides is 1. The van der Waals surface area contributed by atoms with E-state index < -0.39 is 10.0 Å². The lowest BCUT2D eigenvalue weighted by molar-refractivity contribution is 0.102. The summed E-state index contributed by atoms with van der Waals surface area (Å²) >= 11 is 1.33. The summed E-state index contributed by atoms with van der Waals surface area (Å²) in [5, 5.41) is 3.20. The number of nitrogens with zero attached hydrogens (tertiary/aromatic N) is 2. The molecule has 0 saturated heterocycles. The first-order chi connectivity index (χ1) is 13.9. The van der Waals surface area contributed by atoms with Crippen LogP contribution in [0.5, 0.6) is 11.5 Å². The minimum absolute atomic E-state index is 0.0826. The van der Waals surface area contributed by atoms with Crippen LogP contribution < -0.4 is 14.8 Å². The Hall–Kier alpha value is -2.69. The topological polar surface area (TPSA) is 97.8 Å². The van der Waals surface area contributed by atoms with E-state index in [4.69, 9.17) is 9.47 Å². The van der Waals surface area contributed by atoms with Crippen LogP contribution in [0.15, 0.2) is 41.3 Å². The number of fused-ring (bicyclic) bond motifs is 2. The minimum Gasteiger partial charge on any atom is -0.454 e. The summed E-state index contributed by atoms with van der Waals surface area (Å²) in [4.78, 5) is 17.1. The molecule has 1 N–H and O–H groups in total. The van der Waals surface area contributed by atoms with Crippen molar-refractivity contribution in [1.29, 1.82) is 0 Å². The van der Waals surface area contributed by atoms with Crippen LogP contribution in [0.25, 0.3) is 10.2 Å². The summed E-state index contributed by atoms with van der Waals surface area (Å²) in [7, 11) is -1.94. The van der Waals surface area contributed by atoms with E-state index in [2.05, 4.69) is 10.3 Å². The summed E-state index contributed by atoms with van der Waals surface area (Å²) < 4.78 is 38.1. The van der Waals surface area contributed by atoms with Crippen LogP contribution in [-0.4, -0.2) is 43.5 Å². The van der Waals surface area contributed by atoms with Gasteiger partial charge in [0.15, 0.2) is 16.6 Å². The van der Waals surface area contributed by atoms with Gasteiger partial charge < -0.3 is 9.47 Å². The summed E-state index contributed by atoms with van der Waals surface area (Å²) in [5.41, 5.74) is 1.06. The van der Waals surface area contributed by atoms with E-state index in [0.29, 0.717) is 27.7 Å². The number of rotatable bonds is 5. The summed E-state index contributed by atoms with van der Waals surface area (Å²) in [6, 6.07) is 9.63. The van der Waals surface area contributed by atoms with Crippen molar-refractivity contribution in [3.05, 3.63) is 42.0 Å². The SMILES string of the molecule is CN(C1CC1)S(=O)(=O)c1ccc(C(=O)Nc2nc3cc4c(cc3s2)OCO4)cc1. The molecule has 0 spiro atoms. The zero-order chi connectivity index (χ0) is 20.2. The van der Waals surface area contributed by atoms with Crippen molar-refractivity contribution in [2.24, 2.45) is 0 Å². The monoisotopic (exact) mass is 431 g/mol. The Morgan fingerprint density at radius 1 is 1.17 bits per heavy atom. The van der Waals surface area contributed by atoms with Gasteiger partial charge in [-0.05, 0) is 37.1 Å². The molecule has 2 aliphatic rings. The Morgan fingerprint density at radius 3 is 2.55 bits per heavy atom. The van der Waals surface area contributed by atoms with Gasteiger partial charge in [-0.1, -0.05) is 11.3 Å². The van der Waals surface area contributed by atoms with E-state index >= 15 is 0 Å². The van der Waals surface area contributed by atoms with E-state index in [0.717, 1.165) is 17.5 Å². The number of amides is 1. The number of carbonyl (C=O) groups excluding carboxylic acids is 1. The highest BCUT2D eigenvalue weighted by atomic mass is 32.2. The van der Waals surface area contributed by atoms with Gasteiger partial charge in [-0.2, -0.15) is 4.31 Å². The number of ether oxygens (including phenoxy) is 2. The second-order valence-electron chi connectivity index (χ2n) is 6.92. The van der Waals surface area contributed by atoms with Gasteiger partial charge in [0.05, 0.1) is 15.1 Å². The molecule has 0 radical (unpaired) electrons. The van der Waals surface area contributed by atoms with Crippen molar-refractivity contribution in [2.75, 3.05) is 19.2 Å². The maximum absolute atomic E-state index is 12.6. The number of nitrogens with one attached hydrogen (secondary N) is 1. The number of aromatic nitrogens is 1. The van der Waals surface area contributed by atoms with E-state index in [1.807, 2.05) is 6.07 Å². The molecule has 1 saturated carbocycles. The second kappa shape index (κ2) is 6.68. The third-order valence-electron chi connectivity index (χ3n) is 4.96. The molecule has 150 valence electrons. The van der Waals surface area contributed by atoms with Gasteiger partial charge in [0.25, 0.3) is 5.91 Å². The summed E-state index contributed by atoms with van der Waals surface area (Å²) in [5.74, 6) is 0.934. The number of benzene rings is 2. The Bertz CT molecular complexity index is 1180. The van der Waals surface area contributed by atoms with Gasteiger partial charge in [-0.15, -0.1) is 0 Å². The summed E-state index contributed by atoms with van der Waals surface area (Å²) in [6.45, 7) is 0.193. The molecule has 0 unspecified atom stereocenters. The fourth-order valence-electron chi connectivity index (χ4n) is 3.12. The largest absolute Gasteiger partial charge is 0.454 e. The second-order valence-corrected chi connectivity index (χ2v) is 9.95. The van der Waals surface area contributed by atoms with E-state index in [9.17, 15) is 13.2 Å². The van der Waals surface area contributed by atoms with Gasteiger partial charge in [0, 0.05) is 30.8 Å². The molecule has 1 amide bonds. The highest BCUT2D eigenvalue weighted by Gasteiger charge is 2.35. The quantitative estimate of drug-likeness (QED) is 0.667. The Kier molecular flexibility index (Phi) is 4.23. The third kappa shape index (κ3) is 3.33. The van der Waals surface area contributed by atoms with Gasteiger partial charge in [0.2, 0.25) is 16.8 Å². The van der Waals surface area contributed by atoms with Crippen LogP contribution in [0.1, 0.15) is 23.2 Å². The van der Waals surface area contributed by atoms with Crippen LogP contribution in [0.2, 0.25) is 0 Å². The molecule has 8 nitrogen and oxygen atoms in total. The minimum atomic E-state index is -3.53. The number of thiazole rings is 1. The molecule has 0 atom stereocenters. The fourth-order valence-corrected chi connectivity index (χ4v) is 5.41. The van der Waals surface area contributed by atoms with Crippen molar-refractivity contribution < 1.29 is 22.7 Å². The Labute approximate surface area is 171 Å². The highest BCUT2D eigenvalue weighted by Crippen LogP contribution is 2.39. The molecule has 0 bridgehead atoms. The number of hydrogen-bond acceptors (Lipinski definition) is 7. The van der Waals surface area contributed by atoms with Crippen molar-refractivity contribution in [3.63, 3.8) is 0 Å². The van der Waals surface area contributed by atoms with Crippen LogP contribution in [0, 0.1) is 0 Å². The van der Waals surface area contributed by atoms with E-state index in [-0.39, 0.29) is 23.6 Å². The maximum Gasteiger partial charge on any atom is 0.257 e. The van der Waals surface area contributed by atoms with Gasteiger partial charge >= 0.3 is 0 Å². The molecule has 2 aromatic carbocycles. The third-order valence-corrected chi connectivity index (χ3v) is 7.82. The van der Waals surface area contributed by atoms with Crippen LogP contribution in [0.3, 0.4) is 0 Å². The first kappa shape index (κ1) is 18.3. The standard InChI is InChI=1S/C19H17N3O5S2/c1-22(12-4-5-12)29(24,25)13-6-2-11(3-7-13)18(23)21-19-20-14-8-15-16(27-10-26-15)9-17(14)28-19/h2-3,6-9,12H,4-5,10H2,1H3,(H,20,21,23). The summed E-state index contributed by atoms with van der Waals surface area (Å²) in [6.07, 6.45) is 1.78. The molecule has 2 heterocycles. The molecule has 1 aliphatic carbocycles. The molecule has 5 rings (SSSR count). The van der Waals surface area contributed by atoms with Gasteiger partial charge in [-0.3, -0.25) is 10.1 Å². The molecular weight excluding hydrogens is 414 g/mol. The smallest absolute Gasteiger partial charge is 0.257 e. The van der Waals surface area contributed by atoms with E-state index in [1.165, 1.54) is 39.9 Å². The Morgan fingerprint density at radius 2 is 1.86 bits per heavy atom. The maximum atomic E-state index is 12.6. The first-order valence-electron chi connectivity index (χ1n) is 9.01. The Balaban J connectivity index is 1.34. The van der Waals surface area contributed by atoms with E-state index in [1.54, 1.807) is 13.1 Å². The van der Waals surface area contributed by atoms with Crippen molar-refractivity contribution in [3.8, 4) is 11.5 Å². The van der Waals surface area contributed by atoms with Crippen LogP contribution in [0.4, 0.5) is 5.13 Å². The molecular formula is C19H17N3O5S2. The molecule has 1 fully saturated rings. The predicted octanol–water partition coefficient (Wildman–Crippen LogP) is 3.06. The van der Waals surface area contributed by atoms with Crippen molar-refractivity contribution in [1.82, 2.24) is 9.29 Å². The predicted molar refractivity (Wildman–Crippen MR) is 108 cm³/mol. The van der Waals surface area contributed by atoms with Gasteiger partial charge in [0.1, 0.15) is 0 Å². The van der Waals surface area contributed by atoms with Crippen LogP contribution in [-0.2, 0) is 10.0 Å². The average molecular weight is 431 g/mol. The lowest BCUT2D eigenvalue weighted by atomic mass is 10.2. The van der Waals surface area contributed by atoms with Gasteiger partial charge in [-0.25, -0.2) is 13.4 Å². The lowest BCUT2D eigenvalue weighted by Gasteiger charge is -2.16. The number of anilines is 1. The molecule has 3 aromatic rings. The highest BCUT2D eigenvalue weighted by molar-refractivity contribution is 7.89. The normalized spacial score (nSPS) is 15.8. The molecule has 1 aliphatic heterocycles. The number of carbonyl (C=O) groups is 1. The first-order valence-corrected chi connectivity index (χ1v) is 11.3. The zero-order valence-electron chi connectivity index (χ0n) is 15.4. The van der Waals surface area contributed by atoms with Crippen molar-refractivity contribution >= 4 is 42.6 Å². The molecule has 1 aromatic heterocycles. The zero-order valence-corrected chi connectivity index (χ0v) is 17.0. The molecule has 10 heteroatoms. The fraction of sp³-hybridized carbons (Fsp3) is 0.263. The lowest BCUT2D eigenvalue weighted by Crippen LogP contribution is -2.29. The number of hydrogen-bond donors (Lipinski definition) is 1.